The van der Waals surface area contributed by atoms with E-state index in [9.17, 15) is 9.18 Å². The summed E-state index contributed by atoms with van der Waals surface area (Å²) in [5.74, 6) is 0.531. The van der Waals surface area contributed by atoms with Crippen LogP contribution in [0.2, 0.25) is 0 Å². The van der Waals surface area contributed by atoms with Gasteiger partial charge in [0.25, 0.3) is 5.91 Å². The Morgan fingerprint density at radius 2 is 1.93 bits per heavy atom. The van der Waals surface area contributed by atoms with Crippen LogP contribution in [0.15, 0.2) is 60.9 Å². The number of ether oxygens (including phenoxy) is 1. The summed E-state index contributed by atoms with van der Waals surface area (Å²) < 4.78 is 18.3. The third-order valence-electron chi connectivity index (χ3n) is 3.85. The molecule has 0 bridgehead atoms. The molecule has 0 saturated heterocycles. The molecule has 2 aromatic carbocycles. The number of rotatable bonds is 7. The molecular formula is C20H19FN4O2. The first-order valence-electron chi connectivity index (χ1n) is 8.40. The van der Waals surface area contributed by atoms with Gasteiger partial charge >= 0.3 is 0 Å². The van der Waals surface area contributed by atoms with Crippen molar-refractivity contribution in [3.63, 3.8) is 0 Å². The van der Waals surface area contributed by atoms with Crippen LogP contribution in [0.4, 0.5) is 15.9 Å². The standard InChI is InChI=1S/C20H19FN4O2/c1-27-17-7-5-14(6-8-17)9-10-22-19-13-23-18(12-24-19)20(26)25-16-4-2-3-15(21)11-16/h2-8,11-13H,9-10H2,1H3,(H,22,24)(H,25,26). The number of methoxy groups -OCH3 is 1. The third-order valence-corrected chi connectivity index (χ3v) is 3.85. The van der Waals surface area contributed by atoms with E-state index >= 15 is 0 Å². The van der Waals surface area contributed by atoms with Crippen molar-refractivity contribution in [1.29, 1.82) is 0 Å². The van der Waals surface area contributed by atoms with Crippen LogP contribution in [0.25, 0.3) is 0 Å². The van der Waals surface area contributed by atoms with E-state index in [1.807, 2.05) is 24.3 Å². The molecule has 0 atom stereocenters. The number of aromatic nitrogens is 2. The molecule has 3 aromatic rings. The molecule has 0 aliphatic carbocycles. The van der Waals surface area contributed by atoms with Gasteiger partial charge in [0.2, 0.25) is 0 Å². The number of benzene rings is 2. The average Bonchev–Trinajstić information content (AvgIpc) is 2.69. The summed E-state index contributed by atoms with van der Waals surface area (Å²) in [5.41, 5.74) is 1.69. The van der Waals surface area contributed by atoms with Gasteiger partial charge in [0, 0.05) is 12.2 Å². The summed E-state index contributed by atoms with van der Waals surface area (Å²) in [6.45, 7) is 0.676. The van der Waals surface area contributed by atoms with Crippen LogP contribution in [-0.4, -0.2) is 29.5 Å². The van der Waals surface area contributed by atoms with E-state index in [4.69, 9.17) is 4.74 Å². The monoisotopic (exact) mass is 366 g/mol. The predicted molar refractivity (Wildman–Crippen MR) is 102 cm³/mol. The molecule has 0 unspecified atom stereocenters. The second kappa shape index (κ2) is 8.75. The van der Waals surface area contributed by atoms with Gasteiger partial charge in [0.1, 0.15) is 23.1 Å². The van der Waals surface area contributed by atoms with Crippen LogP contribution in [-0.2, 0) is 6.42 Å². The zero-order chi connectivity index (χ0) is 19.1. The van der Waals surface area contributed by atoms with Crippen LogP contribution in [0.5, 0.6) is 5.75 Å². The van der Waals surface area contributed by atoms with Gasteiger partial charge in [0.15, 0.2) is 0 Å². The molecule has 0 spiro atoms. The Kier molecular flexibility index (Phi) is 5.94. The van der Waals surface area contributed by atoms with E-state index in [0.29, 0.717) is 18.1 Å². The Labute approximate surface area is 156 Å². The molecule has 0 aliphatic rings. The fraction of sp³-hybridized carbons (Fsp3) is 0.150. The topological polar surface area (TPSA) is 76.1 Å². The second-order valence-electron chi connectivity index (χ2n) is 5.78. The van der Waals surface area contributed by atoms with E-state index in [1.54, 1.807) is 13.2 Å². The summed E-state index contributed by atoms with van der Waals surface area (Å²) in [6, 6.07) is 13.5. The Balaban J connectivity index is 1.51. The number of halogens is 1. The Hall–Kier alpha value is -3.48. The van der Waals surface area contributed by atoms with Gasteiger partial charge in [-0.15, -0.1) is 0 Å². The quantitative estimate of drug-likeness (QED) is 0.669. The normalized spacial score (nSPS) is 10.3. The maximum absolute atomic E-state index is 13.2. The van der Waals surface area contributed by atoms with Crippen molar-refractivity contribution in [3.05, 3.63) is 78.0 Å². The number of carbonyl (C=O) groups excluding carboxylic acids is 1. The summed E-state index contributed by atoms with van der Waals surface area (Å²) in [4.78, 5) is 20.4. The van der Waals surface area contributed by atoms with E-state index in [0.717, 1.165) is 12.2 Å². The molecule has 6 nitrogen and oxygen atoms in total. The number of hydrogen-bond acceptors (Lipinski definition) is 5. The lowest BCUT2D eigenvalue weighted by Gasteiger charge is -2.07. The van der Waals surface area contributed by atoms with Gasteiger partial charge in [0.05, 0.1) is 19.5 Å². The lowest BCUT2D eigenvalue weighted by atomic mass is 10.1. The van der Waals surface area contributed by atoms with Crippen molar-refractivity contribution in [1.82, 2.24) is 9.97 Å². The Morgan fingerprint density at radius 1 is 1.11 bits per heavy atom. The van der Waals surface area contributed by atoms with Crippen LogP contribution >= 0.6 is 0 Å². The maximum atomic E-state index is 13.2. The smallest absolute Gasteiger partial charge is 0.275 e. The van der Waals surface area contributed by atoms with Crippen molar-refractivity contribution in [2.45, 2.75) is 6.42 Å². The van der Waals surface area contributed by atoms with Crippen molar-refractivity contribution in [2.75, 3.05) is 24.3 Å². The van der Waals surface area contributed by atoms with Gasteiger partial charge in [-0.2, -0.15) is 0 Å². The maximum Gasteiger partial charge on any atom is 0.275 e. The highest BCUT2D eigenvalue weighted by molar-refractivity contribution is 6.02. The van der Waals surface area contributed by atoms with Crippen LogP contribution in [0, 0.1) is 5.82 Å². The zero-order valence-electron chi connectivity index (χ0n) is 14.8. The van der Waals surface area contributed by atoms with E-state index in [-0.39, 0.29) is 5.69 Å². The Morgan fingerprint density at radius 3 is 2.59 bits per heavy atom. The first-order valence-corrected chi connectivity index (χ1v) is 8.40. The molecule has 0 radical (unpaired) electrons. The molecule has 1 aromatic heterocycles. The van der Waals surface area contributed by atoms with Crippen molar-refractivity contribution in [2.24, 2.45) is 0 Å². The summed E-state index contributed by atoms with van der Waals surface area (Å²) in [6.07, 6.45) is 3.69. The number of carbonyl (C=O) groups is 1. The molecule has 2 N–H and O–H groups in total. The highest BCUT2D eigenvalue weighted by Gasteiger charge is 2.09. The second-order valence-corrected chi connectivity index (χ2v) is 5.78. The molecule has 7 heteroatoms. The highest BCUT2D eigenvalue weighted by Crippen LogP contribution is 2.13. The first kappa shape index (κ1) is 18.3. The lowest BCUT2D eigenvalue weighted by Crippen LogP contribution is -2.15. The van der Waals surface area contributed by atoms with Crippen LogP contribution in [0.3, 0.4) is 0 Å². The highest BCUT2D eigenvalue weighted by atomic mass is 19.1. The van der Waals surface area contributed by atoms with Gasteiger partial charge < -0.3 is 15.4 Å². The molecular weight excluding hydrogens is 347 g/mol. The fourth-order valence-electron chi connectivity index (χ4n) is 2.43. The molecule has 0 fully saturated rings. The van der Waals surface area contributed by atoms with Crippen LogP contribution < -0.4 is 15.4 Å². The van der Waals surface area contributed by atoms with Gasteiger partial charge in [-0.3, -0.25) is 4.79 Å². The minimum atomic E-state index is -0.446. The largest absolute Gasteiger partial charge is 0.497 e. The number of anilines is 2. The lowest BCUT2D eigenvalue weighted by molar-refractivity contribution is 0.102. The first-order chi connectivity index (χ1) is 13.1. The summed E-state index contributed by atoms with van der Waals surface area (Å²) in [7, 11) is 1.64. The molecule has 0 saturated carbocycles. The van der Waals surface area contributed by atoms with E-state index < -0.39 is 11.7 Å². The number of nitrogens with one attached hydrogen (secondary N) is 2. The van der Waals surface area contributed by atoms with Gasteiger partial charge in [-0.05, 0) is 42.3 Å². The van der Waals surface area contributed by atoms with Crippen LogP contribution in [0.1, 0.15) is 16.1 Å². The average molecular weight is 366 g/mol. The SMILES string of the molecule is COc1ccc(CCNc2cnc(C(=O)Nc3cccc(F)c3)cn2)cc1. The van der Waals surface area contributed by atoms with E-state index in [2.05, 4.69) is 20.6 Å². The number of hydrogen-bond donors (Lipinski definition) is 2. The third kappa shape index (κ3) is 5.24. The molecule has 138 valence electrons. The number of nitrogens with zero attached hydrogens (tertiary/aromatic N) is 2. The van der Waals surface area contributed by atoms with Gasteiger partial charge in [-0.1, -0.05) is 18.2 Å². The molecule has 0 aliphatic heterocycles. The van der Waals surface area contributed by atoms with Crippen molar-refractivity contribution in [3.8, 4) is 5.75 Å². The minimum Gasteiger partial charge on any atom is -0.497 e. The summed E-state index contributed by atoms with van der Waals surface area (Å²) >= 11 is 0. The van der Waals surface area contributed by atoms with E-state index in [1.165, 1.54) is 36.2 Å². The molecule has 1 amide bonds. The van der Waals surface area contributed by atoms with Crippen molar-refractivity contribution >= 4 is 17.4 Å². The summed E-state index contributed by atoms with van der Waals surface area (Å²) in [5, 5.41) is 5.74. The molecule has 3 rings (SSSR count). The Bertz CT molecular complexity index is 899. The zero-order valence-corrected chi connectivity index (χ0v) is 14.8. The van der Waals surface area contributed by atoms with Gasteiger partial charge in [-0.25, -0.2) is 14.4 Å². The van der Waals surface area contributed by atoms with Crippen molar-refractivity contribution < 1.29 is 13.9 Å². The predicted octanol–water partition coefficient (Wildman–Crippen LogP) is 3.53. The fourth-order valence-corrected chi connectivity index (χ4v) is 2.43. The molecule has 27 heavy (non-hydrogen) atoms. The minimum absolute atomic E-state index is 0.153. The number of amides is 1. The molecule has 1 heterocycles.